The summed E-state index contributed by atoms with van der Waals surface area (Å²) in [5.74, 6) is 0. The molecule has 0 aliphatic carbocycles. The van der Waals surface area contributed by atoms with E-state index in [2.05, 4.69) is 15.7 Å². The van der Waals surface area contributed by atoms with Crippen LogP contribution in [-0.4, -0.2) is 35.1 Å². The van der Waals surface area contributed by atoms with E-state index in [1.165, 1.54) is 12.1 Å². The van der Waals surface area contributed by atoms with Crippen molar-refractivity contribution in [3.63, 3.8) is 0 Å². The summed E-state index contributed by atoms with van der Waals surface area (Å²) in [5.41, 5.74) is -3.20. The zero-order chi connectivity index (χ0) is 20.5. The maximum atomic E-state index is 13.1. The fraction of sp³-hybridized carbons (Fsp3) is 0.375. The molecule has 3 rings (SSSR count). The topological polar surface area (TPSA) is 68.2 Å². The second kappa shape index (κ2) is 7.34. The monoisotopic (exact) mass is 408 g/mol. The highest BCUT2D eigenvalue weighted by Gasteiger charge is 2.42. The number of nitrogens with zero attached hydrogens (tertiary/aromatic N) is 2. The van der Waals surface area contributed by atoms with E-state index in [4.69, 9.17) is 4.74 Å². The first-order chi connectivity index (χ1) is 13.0. The molecule has 0 spiro atoms. The Hall–Kier alpha value is -2.76. The zero-order valence-corrected chi connectivity index (χ0v) is 14.1. The van der Waals surface area contributed by atoms with E-state index < -0.39 is 29.8 Å². The number of nitrogens with one attached hydrogen (secondary N) is 2. The van der Waals surface area contributed by atoms with Crippen LogP contribution in [0.5, 0.6) is 0 Å². The first-order valence-electron chi connectivity index (χ1n) is 8.04. The van der Waals surface area contributed by atoms with Gasteiger partial charge in [0.15, 0.2) is 5.69 Å². The molecule has 2 N–H and O–H groups in total. The molecule has 1 aliphatic rings. The SMILES string of the molecule is O=C(Nc1ccc(-n2nc(C(F)(F)F)cc2C(F)(F)F)cc1)NC1CCOC1. The van der Waals surface area contributed by atoms with Crippen LogP contribution in [0.25, 0.3) is 5.69 Å². The molecule has 0 saturated carbocycles. The summed E-state index contributed by atoms with van der Waals surface area (Å²) in [5, 5.41) is 8.18. The van der Waals surface area contributed by atoms with Crippen LogP contribution in [0.2, 0.25) is 0 Å². The van der Waals surface area contributed by atoms with Crippen LogP contribution in [-0.2, 0) is 17.1 Å². The molecule has 152 valence electrons. The third-order valence-corrected chi connectivity index (χ3v) is 3.92. The maximum absolute atomic E-state index is 13.1. The van der Waals surface area contributed by atoms with E-state index in [-0.39, 0.29) is 28.2 Å². The van der Waals surface area contributed by atoms with Gasteiger partial charge in [-0.2, -0.15) is 31.4 Å². The van der Waals surface area contributed by atoms with Crippen molar-refractivity contribution in [3.05, 3.63) is 41.7 Å². The van der Waals surface area contributed by atoms with Crippen LogP contribution < -0.4 is 10.6 Å². The highest BCUT2D eigenvalue weighted by Crippen LogP contribution is 2.36. The fourth-order valence-electron chi connectivity index (χ4n) is 2.61. The van der Waals surface area contributed by atoms with Gasteiger partial charge in [-0.05, 0) is 30.7 Å². The number of carbonyl (C=O) groups excluding carboxylic acids is 1. The number of alkyl halides is 6. The Morgan fingerprint density at radius 3 is 2.32 bits per heavy atom. The molecular weight excluding hydrogens is 394 g/mol. The summed E-state index contributed by atoms with van der Waals surface area (Å²) in [6.45, 7) is 0.915. The Morgan fingerprint density at radius 1 is 1.11 bits per heavy atom. The fourth-order valence-corrected chi connectivity index (χ4v) is 2.61. The predicted molar refractivity (Wildman–Crippen MR) is 84.9 cm³/mol. The van der Waals surface area contributed by atoms with Gasteiger partial charge in [-0.1, -0.05) is 0 Å². The molecule has 1 aromatic carbocycles. The van der Waals surface area contributed by atoms with E-state index >= 15 is 0 Å². The van der Waals surface area contributed by atoms with E-state index in [0.717, 1.165) is 12.1 Å². The van der Waals surface area contributed by atoms with Crippen LogP contribution in [0.4, 0.5) is 36.8 Å². The average Bonchev–Trinajstić information content (AvgIpc) is 3.23. The predicted octanol–water partition coefficient (Wildman–Crippen LogP) is 3.82. The molecule has 2 aromatic rings. The van der Waals surface area contributed by atoms with Gasteiger partial charge in [0.1, 0.15) is 5.69 Å². The molecule has 12 heteroatoms. The van der Waals surface area contributed by atoms with Crippen molar-refractivity contribution in [3.8, 4) is 5.69 Å². The second-order valence-electron chi connectivity index (χ2n) is 6.03. The van der Waals surface area contributed by atoms with Crippen LogP contribution in [0, 0.1) is 0 Å². The van der Waals surface area contributed by atoms with Gasteiger partial charge in [0.05, 0.1) is 18.3 Å². The molecule has 1 aromatic heterocycles. The molecule has 0 bridgehead atoms. The standard InChI is InChI=1S/C16H14F6N4O2/c17-15(18,19)12-7-13(16(20,21)22)26(25-12)11-3-1-9(2-4-11)23-14(27)24-10-5-6-28-8-10/h1-4,7,10H,5-6,8H2,(H2,23,24,27). The Morgan fingerprint density at radius 2 is 1.79 bits per heavy atom. The van der Waals surface area contributed by atoms with Crippen molar-refractivity contribution in [1.82, 2.24) is 15.1 Å². The molecule has 1 aliphatic heterocycles. The van der Waals surface area contributed by atoms with Crippen molar-refractivity contribution in [2.45, 2.75) is 24.8 Å². The minimum Gasteiger partial charge on any atom is -0.379 e. The number of hydrogen-bond acceptors (Lipinski definition) is 3. The van der Waals surface area contributed by atoms with Crippen molar-refractivity contribution >= 4 is 11.7 Å². The summed E-state index contributed by atoms with van der Waals surface area (Å²) in [7, 11) is 0. The first kappa shape index (κ1) is 20.0. The Labute approximate surface area is 154 Å². The summed E-state index contributed by atoms with van der Waals surface area (Å²) in [6, 6.07) is 4.04. The number of aromatic nitrogens is 2. The number of urea groups is 1. The molecule has 2 amide bonds. The van der Waals surface area contributed by atoms with Gasteiger partial charge in [0.25, 0.3) is 0 Å². The number of benzene rings is 1. The minimum atomic E-state index is -5.03. The summed E-state index contributed by atoms with van der Waals surface area (Å²) in [4.78, 5) is 11.9. The van der Waals surface area contributed by atoms with E-state index in [0.29, 0.717) is 19.6 Å². The van der Waals surface area contributed by atoms with Gasteiger partial charge in [0.2, 0.25) is 0 Å². The Balaban J connectivity index is 1.79. The highest BCUT2D eigenvalue weighted by atomic mass is 19.4. The van der Waals surface area contributed by atoms with Gasteiger partial charge >= 0.3 is 18.4 Å². The Kier molecular flexibility index (Phi) is 5.24. The normalized spacial score (nSPS) is 17.6. The van der Waals surface area contributed by atoms with E-state index in [1.54, 1.807) is 0 Å². The maximum Gasteiger partial charge on any atom is 0.435 e. The minimum absolute atomic E-state index is 0.0523. The summed E-state index contributed by atoms with van der Waals surface area (Å²) >= 11 is 0. The van der Waals surface area contributed by atoms with Crippen molar-refractivity contribution in [2.24, 2.45) is 0 Å². The molecule has 1 fully saturated rings. The van der Waals surface area contributed by atoms with Crippen molar-refractivity contribution < 1.29 is 35.9 Å². The number of halogens is 6. The molecule has 6 nitrogen and oxygen atoms in total. The third kappa shape index (κ3) is 4.55. The molecule has 1 atom stereocenters. The highest BCUT2D eigenvalue weighted by molar-refractivity contribution is 5.89. The lowest BCUT2D eigenvalue weighted by molar-refractivity contribution is -0.143. The third-order valence-electron chi connectivity index (χ3n) is 3.92. The van der Waals surface area contributed by atoms with Crippen LogP contribution in [0.1, 0.15) is 17.8 Å². The van der Waals surface area contributed by atoms with Crippen molar-refractivity contribution in [2.75, 3.05) is 18.5 Å². The number of carbonyl (C=O) groups is 1. The van der Waals surface area contributed by atoms with Gasteiger partial charge < -0.3 is 15.4 Å². The number of hydrogen-bond donors (Lipinski definition) is 2. The van der Waals surface area contributed by atoms with Crippen LogP contribution in [0.15, 0.2) is 30.3 Å². The van der Waals surface area contributed by atoms with Gasteiger partial charge in [-0.25, -0.2) is 9.48 Å². The van der Waals surface area contributed by atoms with Gasteiger partial charge in [0, 0.05) is 18.4 Å². The first-order valence-corrected chi connectivity index (χ1v) is 8.04. The Bertz CT molecular complexity index is 838. The summed E-state index contributed by atoms with van der Waals surface area (Å²) < 4.78 is 82.8. The smallest absolute Gasteiger partial charge is 0.379 e. The summed E-state index contributed by atoms with van der Waals surface area (Å²) in [6.07, 6.45) is -9.39. The average molecular weight is 408 g/mol. The lowest BCUT2D eigenvalue weighted by Gasteiger charge is -2.13. The zero-order valence-electron chi connectivity index (χ0n) is 14.1. The van der Waals surface area contributed by atoms with Gasteiger partial charge in [-0.15, -0.1) is 0 Å². The lowest BCUT2D eigenvalue weighted by Crippen LogP contribution is -2.38. The van der Waals surface area contributed by atoms with Crippen LogP contribution >= 0.6 is 0 Å². The molecule has 28 heavy (non-hydrogen) atoms. The lowest BCUT2D eigenvalue weighted by atomic mass is 10.2. The molecule has 1 unspecified atom stereocenters. The second-order valence-corrected chi connectivity index (χ2v) is 6.03. The number of rotatable bonds is 3. The van der Waals surface area contributed by atoms with E-state index in [1.807, 2.05) is 0 Å². The molecule has 2 heterocycles. The molecule has 1 saturated heterocycles. The van der Waals surface area contributed by atoms with Gasteiger partial charge in [-0.3, -0.25) is 0 Å². The number of amides is 2. The molecule has 0 radical (unpaired) electrons. The molecular formula is C16H14F6N4O2. The number of ether oxygens (including phenoxy) is 1. The largest absolute Gasteiger partial charge is 0.435 e. The van der Waals surface area contributed by atoms with Crippen molar-refractivity contribution in [1.29, 1.82) is 0 Å². The number of anilines is 1. The van der Waals surface area contributed by atoms with Crippen LogP contribution in [0.3, 0.4) is 0 Å². The quantitative estimate of drug-likeness (QED) is 0.759. The van der Waals surface area contributed by atoms with E-state index in [9.17, 15) is 31.1 Å².